The maximum atomic E-state index is 4.66. The van der Waals surface area contributed by atoms with Crippen molar-refractivity contribution in [2.75, 3.05) is 4.90 Å². The Bertz CT molecular complexity index is 1640. The van der Waals surface area contributed by atoms with Gasteiger partial charge in [0.15, 0.2) is 11.6 Å². The summed E-state index contributed by atoms with van der Waals surface area (Å²) in [5, 5.41) is 9.29. The van der Waals surface area contributed by atoms with Crippen LogP contribution in [0.15, 0.2) is 134 Å². The van der Waals surface area contributed by atoms with E-state index in [1.807, 2.05) is 32.0 Å². The first-order valence-electron chi connectivity index (χ1n) is 13.8. The number of hydrogen-bond acceptors (Lipinski definition) is 3. The molecule has 6 rings (SSSR count). The molecule has 5 aromatic rings. The topological polar surface area (TPSA) is 34.0 Å². The number of benzene rings is 4. The summed E-state index contributed by atoms with van der Waals surface area (Å²) in [6, 6.07) is 35.6. The lowest BCUT2D eigenvalue weighted by Crippen LogP contribution is -2.16. The average molecular weight is 523 g/mol. The number of aromatic nitrogens is 3. The van der Waals surface area contributed by atoms with Gasteiger partial charge < -0.3 is 4.90 Å². The standard InChI is InChI=1S/C34H28N4.C2H6/c1-25-17-19-28(20-18-25)33-35-36-34(38(33)30-14-7-4-8-15-30)29-21-23-31(24-22-29)37-26(2)11-5-3-6-12-27-13-9-10-16-32(27)37;1-2/h3-10,12-24H,2,11H2,1H3;1-2H3. The number of allylic oxidation sites excluding steroid dienone is 3. The Hall–Kier alpha value is -4.96. The van der Waals surface area contributed by atoms with Crippen LogP contribution in [-0.2, 0) is 0 Å². The third-order valence-electron chi connectivity index (χ3n) is 6.74. The van der Waals surface area contributed by atoms with E-state index in [1.54, 1.807) is 0 Å². The van der Waals surface area contributed by atoms with Gasteiger partial charge in [0.25, 0.3) is 0 Å². The summed E-state index contributed by atoms with van der Waals surface area (Å²) < 4.78 is 2.13. The molecule has 0 aliphatic carbocycles. The van der Waals surface area contributed by atoms with Crippen LogP contribution in [0.3, 0.4) is 0 Å². The van der Waals surface area contributed by atoms with E-state index in [0.29, 0.717) is 0 Å². The number of hydrogen-bond donors (Lipinski definition) is 0. The van der Waals surface area contributed by atoms with Gasteiger partial charge >= 0.3 is 0 Å². The van der Waals surface area contributed by atoms with E-state index in [-0.39, 0.29) is 0 Å². The largest absolute Gasteiger partial charge is 0.314 e. The van der Waals surface area contributed by atoms with Crippen LogP contribution < -0.4 is 4.90 Å². The number of anilines is 2. The minimum Gasteiger partial charge on any atom is -0.314 e. The van der Waals surface area contributed by atoms with Crippen LogP contribution in [0.1, 0.15) is 31.4 Å². The summed E-state index contributed by atoms with van der Waals surface area (Å²) in [6.45, 7) is 10.5. The van der Waals surface area contributed by atoms with Crippen molar-refractivity contribution in [3.63, 3.8) is 0 Å². The Morgan fingerprint density at radius 1 is 0.650 bits per heavy atom. The van der Waals surface area contributed by atoms with Gasteiger partial charge in [0.1, 0.15) is 0 Å². The van der Waals surface area contributed by atoms with Gasteiger partial charge in [-0.05, 0) is 55.0 Å². The molecule has 1 aromatic heterocycles. The smallest absolute Gasteiger partial charge is 0.168 e. The first-order chi connectivity index (χ1) is 19.7. The van der Waals surface area contributed by atoms with Crippen molar-refractivity contribution in [2.24, 2.45) is 0 Å². The number of nitrogens with zero attached hydrogens (tertiary/aromatic N) is 4. The van der Waals surface area contributed by atoms with E-state index >= 15 is 0 Å². The summed E-state index contributed by atoms with van der Waals surface area (Å²) >= 11 is 0. The number of fused-ring (bicyclic) bond motifs is 1. The van der Waals surface area contributed by atoms with Crippen LogP contribution in [-0.4, -0.2) is 14.8 Å². The summed E-state index contributed by atoms with van der Waals surface area (Å²) in [4.78, 5) is 2.23. The molecule has 40 heavy (non-hydrogen) atoms. The van der Waals surface area contributed by atoms with Gasteiger partial charge in [-0.15, -0.1) is 10.2 Å². The zero-order valence-corrected chi connectivity index (χ0v) is 23.3. The van der Waals surface area contributed by atoms with Crippen LogP contribution >= 0.6 is 0 Å². The van der Waals surface area contributed by atoms with Crippen molar-refractivity contribution in [1.29, 1.82) is 0 Å². The van der Waals surface area contributed by atoms with E-state index in [2.05, 4.69) is 142 Å². The summed E-state index contributed by atoms with van der Waals surface area (Å²) in [5.74, 6) is 1.61. The highest BCUT2D eigenvalue weighted by molar-refractivity contribution is 5.79. The second kappa shape index (κ2) is 12.3. The van der Waals surface area contributed by atoms with E-state index < -0.39 is 0 Å². The number of aryl methyl sites for hydroxylation is 1. The molecule has 0 N–H and O–H groups in total. The highest BCUT2D eigenvalue weighted by Crippen LogP contribution is 2.36. The minimum atomic E-state index is 0.767. The minimum absolute atomic E-state index is 0.767. The molecular formula is C36H34N4. The molecule has 0 bridgehead atoms. The molecule has 1 aliphatic rings. The second-order valence-corrected chi connectivity index (χ2v) is 9.38. The van der Waals surface area contributed by atoms with E-state index in [0.717, 1.165) is 57.5 Å². The van der Waals surface area contributed by atoms with E-state index in [1.165, 1.54) is 5.56 Å². The highest BCUT2D eigenvalue weighted by Gasteiger charge is 2.19. The van der Waals surface area contributed by atoms with Gasteiger partial charge in [-0.1, -0.05) is 111 Å². The SMILES string of the molecule is C=C1CC=CC=Cc2ccccc2N1c1ccc(-c2nnc(-c3ccc(C)cc3)n2-c2ccccc2)cc1.CC. The molecule has 0 spiro atoms. The molecule has 0 amide bonds. The summed E-state index contributed by atoms with van der Waals surface area (Å²) in [7, 11) is 0. The quantitative estimate of drug-likeness (QED) is 0.236. The predicted octanol–water partition coefficient (Wildman–Crippen LogP) is 9.56. The highest BCUT2D eigenvalue weighted by atomic mass is 15.3. The Kier molecular flexibility index (Phi) is 8.17. The fourth-order valence-corrected chi connectivity index (χ4v) is 4.80. The Morgan fingerprint density at radius 2 is 1.25 bits per heavy atom. The third kappa shape index (κ3) is 5.43. The summed E-state index contributed by atoms with van der Waals surface area (Å²) in [6.07, 6.45) is 9.21. The monoisotopic (exact) mass is 522 g/mol. The zero-order chi connectivity index (χ0) is 27.9. The maximum absolute atomic E-state index is 4.66. The van der Waals surface area contributed by atoms with E-state index in [9.17, 15) is 0 Å². The lowest BCUT2D eigenvalue weighted by molar-refractivity contribution is 1.07. The first-order valence-corrected chi connectivity index (χ1v) is 13.8. The van der Waals surface area contributed by atoms with Crippen LogP contribution in [0, 0.1) is 6.92 Å². The molecule has 0 atom stereocenters. The molecule has 0 saturated heterocycles. The Morgan fingerprint density at radius 3 is 1.93 bits per heavy atom. The molecule has 2 heterocycles. The van der Waals surface area contributed by atoms with Gasteiger partial charge in [-0.2, -0.15) is 0 Å². The molecule has 0 unspecified atom stereocenters. The van der Waals surface area contributed by atoms with Crippen molar-refractivity contribution >= 4 is 17.5 Å². The van der Waals surface area contributed by atoms with Crippen molar-refractivity contribution < 1.29 is 0 Å². The van der Waals surface area contributed by atoms with Crippen LogP contribution in [0.4, 0.5) is 11.4 Å². The van der Waals surface area contributed by atoms with Crippen molar-refractivity contribution in [3.8, 4) is 28.5 Å². The van der Waals surface area contributed by atoms with Crippen molar-refractivity contribution in [3.05, 3.63) is 145 Å². The molecule has 0 saturated carbocycles. The van der Waals surface area contributed by atoms with Crippen LogP contribution in [0.5, 0.6) is 0 Å². The average Bonchev–Trinajstić information content (AvgIpc) is 3.47. The second-order valence-electron chi connectivity index (χ2n) is 9.38. The molecule has 0 fully saturated rings. The Labute approximate surface area is 237 Å². The van der Waals surface area contributed by atoms with Gasteiger partial charge in [0, 0.05) is 34.6 Å². The summed E-state index contributed by atoms with van der Waals surface area (Å²) in [5.41, 5.74) is 8.58. The van der Waals surface area contributed by atoms with E-state index in [4.69, 9.17) is 0 Å². The van der Waals surface area contributed by atoms with Crippen LogP contribution in [0.2, 0.25) is 0 Å². The molecule has 4 nitrogen and oxygen atoms in total. The molecule has 198 valence electrons. The molecule has 1 aliphatic heterocycles. The first kappa shape index (κ1) is 26.6. The third-order valence-corrected chi connectivity index (χ3v) is 6.74. The molecular weight excluding hydrogens is 488 g/mol. The van der Waals surface area contributed by atoms with Crippen molar-refractivity contribution in [1.82, 2.24) is 14.8 Å². The Balaban J connectivity index is 0.00000158. The lowest BCUT2D eigenvalue weighted by Gasteiger charge is -2.28. The lowest BCUT2D eigenvalue weighted by atomic mass is 10.1. The molecule has 4 aromatic carbocycles. The van der Waals surface area contributed by atoms with Gasteiger partial charge in [-0.25, -0.2) is 0 Å². The zero-order valence-electron chi connectivity index (χ0n) is 23.3. The number of para-hydroxylation sites is 2. The van der Waals surface area contributed by atoms with Gasteiger partial charge in [-0.3, -0.25) is 4.57 Å². The predicted molar refractivity (Wildman–Crippen MR) is 169 cm³/mol. The fraction of sp³-hybridized carbons (Fsp3) is 0.111. The molecule has 0 radical (unpaired) electrons. The maximum Gasteiger partial charge on any atom is 0.168 e. The van der Waals surface area contributed by atoms with Gasteiger partial charge in [0.2, 0.25) is 0 Å². The fourth-order valence-electron chi connectivity index (χ4n) is 4.80. The van der Waals surface area contributed by atoms with Crippen molar-refractivity contribution in [2.45, 2.75) is 27.2 Å². The van der Waals surface area contributed by atoms with Gasteiger partial charge in [0.05, 0.1) is 5.69 Å². The normalized spacial score (nSPS) is 12.6. The number of rotatable bonds is 4. The molecule has 4 heteroatoms. The van der Waals surface area contributed by atoms with Crippen LogP contribution in [0.25, 0.3) is 34.5 Å².